The zero-order chi connectivity index (χ0) is 13.0. The molecular formula is C15H14ClFO. The van der Waals surface area contributed by atoms with E-state index in [0.29, 0.717) is 12.0 Å². The molecule has 0 saturated carbocycles. The minimum Gasteiger partial charge on any atom is -0.388 e. The summed E-state index contributed by atoms with van der Waals surface area (Å²) in [6.45, 7) is 0. The predicted octanol–water partition coefficient (Wildman–Crippen LogP) is 4.15. The molecule has 0 heterocycles. The van der Waals surface area contributed by atoms with Crippen molar-refractivity contribution in [3.8, 4) is 0 Å². The molecular weight excluding hydrogens is 251 g/mol. The third-order valence-electron chi connectivity index (χ3n) is 2.88. The fraction of sp³-hybridized carbons (Fsp3) is 0.200. The van der Waals surface area contributed by atoms with E-state index in [9.17, 15) is 9.50 Å². The van der Waals surface area contributed by atoms with Gasteiger partial charge in [-0.15, -0.1) is 0 Å². The number of rotatable bonds is 4. The van der Waals surface area contributed by atoms with Crippen LogP contribution in [-0.4, -0.2) is 5.11 Å². The lowest BCUT2D eigenvalue weighted by molar-refractivity contribution is 0.168. The van der Waals surface area contributed by atoms with Gasteiger partial charge in [-0.05, 0) is 36.1 Å². The summed E-state index contributed by atoms with van der Waals surface area (Å²) in [6.07, 6.45) is 0.742. The maximum absolute atomic E-state index is 13.0. The molecule has 0 bridgehead atoms. The summed E-state index contributed by atoms with van der Waals surface area (Å²) >= 11 is 5.69. The van der Waals surface area contributed by atoms with Crippen molar-refractivity contribution in [2.24, 2.45) is 0 Å². The summed E-state index contributed by atoms with van der Waals surface area (Å²) in [5.41, 5.74) is 1.82. The van der Waals surface area contributed by atoms with Gasteiger partial charge in [-0.1, -0.05) is 48.0 Å². The molecule has 0 radical (unpaired) electrons. The summed E-state index contributed by atoms with van der Waals surface area (Å²) in [6, 6.07) is 14.3. The minimum absolute atomic E-state index is 0.0475. The van der Waals surface area contributed by atoms with E-state index in [2.05, 4.69) is 0 Å². The highest BCUT2D eigenvalue weighted by Crippen LogP contribution is 2.23. The van der Waals surface area contributed by atoms with Crippen LogP contribution in [0, 0.1) is 5.82 Å². The van der Waals surface area contributed by atoms with Gasteiger partial charge in [0.2, 0.25) is 0 Å². The van der Waals surface area contributed by atoms with E-state index in [1.807, 2.05) is 30.3 Å². The topological polar surface area (TPSA) is 20.2 Å². The molecule has 0 saturated heterocycles. The van der Waals surface area contributed by atoms with E-state index < -0.39 is 11.9 Å². The molecule has 0 amide bonds. The Hall–Kier alpha value is -1.38. The van der Waals surface area contributed by atoms with Crippen LogP contribution >= 0.6 is 11.6 Å². The minimum atomic E-state index is -0.622. The molecule has 2 aromatic carbocycles. The SMILES string of the molecule is OC(CCc1ccccc1)c1ccc(F)c(Cl)c1. The predicted molar refractivity (Wildman–Crippen MR) is 71.1 cm³/mol. The Morgan fingerprint density at radius 3 is 2.50 bits per heavy atom. The fourth-order valence-electron chi connectivity index (χ4n) is 1.83. The van der Waals surface area contributed by atoms with Gasteiger partial charge in [0, 0.05) is 0 Å². The first-order chi connectivity index (χ1) is 8.66. The van der Waals surface area contributed by atoms with Crippen LogP contribution in [0.15, 0.2) is 48.5 Å². The van der Waals surface area contributed by atoms with Gasteiger partial charge in [0.15, 0.2) is 0 Å². The van der Waals surface area contributed by atoms with Gasteiger partial charge >= 0.3 is 0 Å². The van der Waals surface area contributed by atoms with Gasteiger partial charge in [0.1, 0.15) is 5.82 Å². The summed E-state index contributed by atoms with van der Waals surface area (Å²) in [4.78, 5) is 0. The van der Waals surface area contributed by atoms with Crippen LogP contribution in [-0.2, 0) is 6.42 Å². The smallest absolute Gasteiger partial charge is 0.141 e. The molecule has 0 fully saturated rings. The zero-order valence-electron chi connectivity index (χ0n) is 9.81. The lowest BCUT2D eigenvalue weighted by Crippen LogP contribution is -2.00. The monoisotopic (exact) mass is 264 g/mol. The third kappa shape index (κ3) is 3.31. The van der Waals surface area contributed by atoms with Gasteiger partial charge in [0.25, 0.3) is 0 Å². The van der Waals surface area contributed by atoms with Crippen molar-refractivity contribution in [2.45, 2.75) is 18.9 Å². The van der Waals surface area contributed by atoms with E-state index in [4.69, 9.17) is 11.6 Å². The summed E-state index contributed by atoms with van der Waals surface area (Å²) in [5, 5.41) is 10.1. The van der Waals surface area contributed by atoms with E-state index in [-0.39, 0.29) is 5.02 Å². The highest BCUT2D eigenvalue weighted by Gasteiger charge is 2.10. The van der Waals surface area contributed by atoms with E-state index in [1.165, 1.54) is 17.7 Å². The first-order valence-electron chi connectivity index (χ1n) is 5.84. The molecule has 0 aliphatic rings. The van der Waals surface area contributed by atoms with E-state index in [0.717, 1.165) is 6.42 Å². The quantitative estimate of drug-likeness (QED) is 0.880. The molecule has 1 atom stereocenters. The summed E-state index contributed by atoms with van der Waals surface area (Å²) < 4.78 is 13.0. The molecule has 0 aromatic heterocycles. The fourth-order valence-corrected chi connectivity index (χ4v) is 2.02. The maximum atomic E-state index is 13.0. The number of hydrogen-bond acceptors (Lipinski definition) is 1. The highest BCUT2D eigenvalue weighted by molar-refractivity contribution is 6.30. The Kier molecular flexibility index (Phi) is 4.34. The van der Waals surface area contributed by atoms with Crippen molar-refractivity contribution in [1.29, 1.82) is 0 Å². The van der Waals surface area contributed by atoms with Crippen LogP contribution in [0.25, 0.3) is 0 Å². The summed E-state index contributed by atoms with van der Waals surface area (Å²) in [7, 11) is 0. The van der Waals surface area contributed by atoms with E-state index >= 15 is 0 Å². The second-order valence-electron chi connectivity index (χ2n) is 4.21. The third-order valence-corrected chi connectivity index (χ3v) is 3.17. The Labute approximate surface area is 111 Å². The second-order valence-corrected chi connectivity index (χ2v) is 4.62. The number of aliphatic hydroxyl groups excluding tert-OH is 1. The van der Waals surface area contributed by atoms with Crippen molar-refractivity contribution in [2.75, 3.05) is 0 Å². The van der Waals surface area contributed by atoms with Crippen LogP contribution in [0.5, 0.6) is 0 Å². The van der Waals surface area contributed by atoms with Gasteiger partial charge in [-0.25, -0.2) is 4.39 Å². The van der Waals surface area contributed by atoms with Crippen molar-refractivity contribution < 1.29 is 9.50 Å². The largest absolute Gasteiger partial charge is 0.388 e. The van der Waals surface area contributed by atoms with Crippen LogP contribution in [0.4, 0.5) is 4.39 Å². The van der Waals surface area contributed by atoms with Gasteiger partial charge in [-0.2, -0.15) is 0 Å². The maximum Gasteiger partial charge on any atom is 0.141 e. The highest BCUT2D eigenvalue weighted by atomic mass is 35.5. The molecule has 18 heavy (non-hydrogen) atoms. The Balaban J connectivity index is 1.99. The van der Waals surface area contributed by atoms with Crippen molar-refractivity contribution in [3.63, 3.8) is 0 Å². The molecule has 0 aliphatic carbocycles. The van der Waals surface area contributed by atoms with Crippen LogP contribution in [0.3, 0.4) is 0 Å². The lowest BCUT2D eigenvalue weighted by Gasteiger charge is -2.11. The lowest BCUT2D eigenvalue weighted by atomic mass is 10.0. The number of aryl methyl sites for hydroxylation is 1. The summed E-state index contributed by atoms with van der Waals surface area (Å²) in [5.74, 6) is -0.462. The molecule has 1 N–H and O–H groups in total. The molecule has 3 heteroatoms. The molecule has 2 aromatic rings. The number of halogens is 2. The van der Waals surface area contributed by atoms with Crippen molar-refractivity contribution in [3.05, 3.63) is 70.5 Å². The number of hydrogen-bond donors (Lipinski definition) is 1. The first-order valence-corrected chi connectivity index (χ1v) is 6.21. The number of benzene rings is 2. The van der Waals surface area contributed by atoms with Crippen LogP contribution in [0.2, 0.25) is 5.02 Å². The molecule has 1 nitrogen and oxygen atoms in total. The number of aliphatic hydroxyl groups is 1. The molecule has 1 unspecified atom stereocenters. The molecule has 94 valence electrons. The zero-order valence-corrected chi connectivity index (χ0v) is 10.6. The Bertz CT molecular complexity index is 513. The van der Waals surface area contributed by atoms with Gasteiger partial charge in [0.05, 0.1) is 11.1 Å². The molecule has 0 aliphatic heterocycles. The van der Waals surface area contributed by atoms with Gasteiger partial charge < -0.3 is 5.11 Å². The normalized spacial score (nSPS) is 12.4. The first kappa shape index (κ1) is 13.1. The average Bonchev–Trinajstić information content (AvgIpc) is 2.40. The molecule has 0 spiro atoms. The van der Waals surface area contributed by atoms with Gasteiger partial charge in [-0.3, -0.25) is 0 Å². The average molecular weight is 265 g/mol. The standard InChI is InChI=1S/C15H14ClFO/c16-13-10-12(7-8-14(13)17)15(18)9-6-11-4-2-1-3-5-11/h1-5,7-8,10,15,18H,6,9H2. The Morgan fingerprint density at radius 2 is 1.83 bits per heavy atom. The van der Waals surface area contributed by atoms with Crippen molar-refractivity contribution in [1.82, 2.24) is 0 Å². The van der Waals surface area contributed by atoms with Crippen LogP contribution < -0.4 is 0 Å². The molecule has 2 rings (SSSR count). The van der Waals surface area contributed by atoms with Crippen LogP contribution in [0.1, 0.15) is 23.7 Å². The van der Waals surface area contributed by atoms with E-state index in [1.54, 1.807) is 6.07 Å². The second kappa shape index (κ2) is 5.98. The Morgan fingerprint density at radius 1 is 1.11 bits per heavy atom. The van der Waals surface area contributed by atoms with Crippen molar-refractivity contribution >= 4 is 11.6 Å².